The summed E-state index contributed by atoms with van der Waals surface area (Å²) in [6.45, 7) is 10.3. The first-order chi connectivity index (χ1) is 5.76. The van der Waals surface area contributed by atoms with Gasteiger partial charge in [-0.3, -0.25) is 4.79 Å². The number of carbonyl (C=O) groups is 1. The molecule has 0 saturated carbocycles. The maximum atomic E-state index is 12.1. The van der Waals surface area contributed by atoms with Crippen LogP contribution >= 0.6 is 0 Å². The van der Waals surface area contributed by atoms with Crippen LogP contribution in [0.25, 0.3) is 0 Å². The van der Waals surface area contributed by atoms with Crippen LogP contribution in [0.3, 0.4) is 0 Å². The first kappa shape index (κ1) is 10.5. The van der Waals surface area contributed by atoms with Gasteiger partial charge in [0, 0.05) is 10.8 Å². The van der Waals surface area contributed by atoms with E-state index in [1.807, 2.05) is 13.8 Å². The summed E-state index contributed by atoms with van der Waals surface area (Å²) in [6, 6.07) is 0. The number of Topliss-reactive ketones (excluding diaryl/α,β-unsaturated/α-hetero) is 1. The molecule has 0 amide bonds. The Morgan fingerprint density at radius 3 is 2.23 bits per heavy atom. The maximum absolute atomic E-state index is 12.1. The fourth-order valence-corrected chi connectivity index (χ4v) is 2.29. The lowest BCUT2D eigenvalue weighted by Crippen LogP contribution is -2.35. The third kappa shape index (κ3) is 2.01. The van der Waals surface area contributed by atoms with E-state index in [1.54, 1.807) is 0 Å². The molecule has 13 heavy (non-hydrogen) atoms. The molecule has 1 rings (SSSR count). The Morgan fingerprint density at radius 2 is 1.69 bits per heavy atom. The first-order valence-corrected chi connectivity index (χ1v) is 4.96. The van der Waals surface area contributed by atoms with Gasteiger partial charge in [-0.25, -0.2) is 0 Å². The van der Waals surface area contributed by atoms with Gasteiger partial charge in [-0.15, -0.1) is 0 Å². The third-order valence-corrected chi connectivity index (χ3v) is 2.91. The summed E-state index contributed by atoms with van der Waals surface area (Å²) >= 11 is 0. The number of allylic oxidation sites excluding steroid dienone is 2. The molecule has 1 heteroatoms. The van der Waals surface area contributed by atoms with Crippen molar-refractivity contribution in [1.29, 1.82) is 0 Å². The number of ketones is 1. The SMILES string of the molecule is CC1=CCC(C)(C)C(=O)C(C)(C)C1. The molecule has 0 saturated heterocycles. The highest BCUT2D eigenvalue weighted by Gasteiger charge is 2.39. The number of hydrogen-bond acceptors (Lipinski definition) is 1. The van der Waals surface area contributed by atoms with Crippen molar-refractivity contribution in [2.45, 2.75) is 47.5 Å². The highest BCUT2D eigenvalue weighted by molar-refractivity contribution is 5.89. The van der Waals surface area contributed by atoms with Crippen LogP contribution in [0.1, 0.15) is 47.5 Å². The molecule has 0 N–H and O–H groups in total. The summed E-state index contributed by atoms with van der Waals surface area (Å²) in [5.41, 5.74) is 0.992. The Morgan fingerprint density at radius 1 is 1.15 bits per heavy atom. The van der Waals surface area contributed by atoms with Gasteiger partial charge >= 0.3 is 0 Å². The minimum atomic E-state index is -0.180. The van der Waals surface area contributed by atoms with Gasteiger partial charge in [0.05, 0.1) is 0 Å². The molecule has 0 aliphatic heterocycles. The fraction of sp³-hybridized carbons (Fsp3) is 0.750. The van der Waals surface area contributed by atoms with Crippen LogP contribution in [0.4, 0.5) is 0 Å². The molecular weight excluding hydrogens is 160 g/mol. The van der Waals surface area contributed by atoms with Crippen LogP contribution in [-0.4, -0.2) is 5.78 Å². The molecule has 1 aliphatic rings. The van der Waals surface area contributed by atoms with E-state index in [1.165, 1.54) is 5.57 Å². The molecular formula is C12H20O. The summed E-state index contributed by atoms with van der Waals surface area (Å²) in [5, 5.41) is 0. The second-order valence-corrected chi connectivity index (χ2v) is 5.53. The molecule has 0 aromatic carbocycles. The standard InChI is InChI=1S/C12H20O/c1-9-6-7-11(2,3)10(13)12(4,5)8-9/h6H,7-8H2,1-5H3. The Hall–Kier alpha value is -0.590. The zero-order valence-corrected chi connectivity index (χ0v) is 9.40. The van der Waals surface area contributed by atoms with Crippen LogP contribution in [-0.2, 0) is 4.79 Å². The van der Waals surface area contributed by atoms with E-state index in [-0.39, 0.29) is 10.8 Å². The van der Waals surface area contributed by atoms with Crippen molar-refractivity contribution in [3.05, 3.63) is 11.6 Å². The minimum Gasteiger partial charge on any atom is -0.298 e. The van der Waals surface area contributed by atoms with Crippen molar-refractivity contribution in [2.24, 2.45) is 10.8 Å². The van der Waals surface area contributed by atoms with Crippen molar-refractivity contribution in [2.75, 3.05) is 0 Å². The molecule has 1 aliphatic carbocycles. The van der Waals surface area contributed by atoms with Gasteiger partial charge in [0.1, 0.15) is 5.78 Å². The van der Waals surface area contributed by atoms with Gasteiger partial charge in [-0.2, -0.15) is 0 Å². The summed E-state index contributed by atoms with van der Waals surface area (Å²) < 4.78 is 0. The van der Waals surface area contributed by atoms with Crippen LogP contribution in [0.5, 0.6) is 0 Å². The quantitative estimate of drug-likeness (QED) is 0.522. The van der Waals surface area contributed by atoms with E-state index < -0.39 is 0 Å². The van der Waals surface area contributed by atoms with Gasteiger partial charge in [0.15, 0.2) is 0 Å². The predicted molar refractivity (Wildman–Crippen MR) is 55.6 cm³/mol. The smallest absolute Gasteiger partial charge is 0.144 e. The van der Waals surface area contributed by atoms with Crippen molar-refractivity contribution in [3.63, 3.8) is 0 Å². The molecule has 0 aromatic rings. The second-order valence-electron chi connectivity index (χ2n) is 5.53. The first-order valence-electron chi connectivity index (χ1n) is 4.96. The molecule has 0 radical (unpaired) electrons. The zero-order valence-electron chi connectivity index (χ0n) is 9.40. The predicted octanol–water partition coefficient (Wildman–Crippen LogP) is 3.35. The summed E-state index contributed by atoms with van der Waals surface area (Å²) in [7, 11) is 0. The van der Waals surface area contributed by atoms with Gasteiger partial charge in [0.25, 0.3) is 0 Å². The third-order valence-electron chi connectivity index (χ3n) is 2.91. The monoisotopic (exact) mass is 180 g/mol. The van der Waals surface area contributed by atoms with Crippen LogP contribution < -0.4 is 0 Å². The van der Waals surface area contributed by atoms with Crippen molar-refractivity contribution >= 4 is 5.78 Å². The molecule has 0 aromatic heterocycles. The topological polar surface area (TPSA) is 17.1 Å². The van der Waals surface area contributed by atoms with Crippen LogP contribution in [0.2, 0.25) is 0 Å². The fourth-order valence-electron chi connectivity index (χ4n) is 2.29. The van der Waals surface area contributed by atoms with Crippen LogP contribution in [0.15, 0.2) is 11.6 Å². The lowest BCUT2D eigenvalue weighted by molar-refractivity contribution is -0.135. The van der Waals surface area contributed by atoms with E-state index in [9.17, 15) is 4.79 Å². The average Bonchev–Trinajstić information content (AvgIpc) is 2.03. The van der Waals surface area contributed by atoms with Gasteiger partial charge in [0.2, 0.25) is 0 Å². The molecule has 0 heterocycles. The normalized spacial score (nSPS) is 26.5. The summed E-state index contributed by atoms with van der Waals surface area (Å²) in [6.07, 6.45) is 4.02. The van der Waals surface area contributed by atoms with Crippen molar-refractivity contribution in [3.8, 4) is 0 Å². The highest BCUT2D eigenvalue weighted by atomic mass is 16.1. The van der Waals surface area contributed by atoms with Crippen LogP contribution in [0, 0.1) is 10.8 Å². The van der Waals surface area contributed by atoms with E-state index in [0.29, 0.717) is 5.78 Å². The van der Waals surface area contributed by atoms with E-state index >= 15 is 0 Å². The number of carbonyl (C=O) groups excluding carboxylic acids is 1. The zero-order chi connectivity index (χ0) is 10.3. The molecule has 0 spiro atoms. The van der Waals surface area contributed by atoms with E-state index in [0.717, 1.165) is 12.8 Å². The molecule has 0 unspecified atom stereocenters. The van der Waals surface area contributed by atoms with E-state index in [2.05, 4.69) is 26.8 Å². The minimum absolute atomic E-state index is 0.179. The number of hydrogen-bond donors (Lipinski definition) is 0. The largest absolute Gasteiger partial charge is 0.298 e. The Kier molecular flexibility index (Phi) is 2.40. The second kappa shape index (κ2) is 2.97. The number of rotatable bonds is 0. The van der Waals surface area contributed by atoms with Crippen molar-refractivity contribution < 1.29 is 4.79 Å². The molecule has 1 nitrogen and oxygen atoms in total. The lowest BCUT2D eigenvalue weighted by atomic mass is 9.72. The molecule has 74 valence electrons. The average molecular weight is 180 g/mol. The summed E-state index contributed by atoms with van der Waals surface area (Å²) in [5.74, 6) is 0.396. The molecule has 0 fully saturated rings. The molecule has 0 atom stereocenters. The summed E-state index contributed by atoms with van der Waals surface area (Å²) in [4.78, 5) is 12.1. The Balaban J connectivity index is 3.05. The highest BCUT2D eigenvalue weighted by Crippen LogP contribution is 2.39. The van der Waals surface area contributed by atoms with Gasteiger partial charge in [-0.1, -0.05) is 39.3 Å². The molecule has 0 bridgehead atoms. The van der Waals surface area contributed by atoms with Gasteiger partial charge in [-0.05, 0) is 19.8 Å². The Bertz CT molecular complexity index is 256. The lowest BCUT2D eigenvalue weighted by Gasteiger charge is -2.30. The van der Waals surface area contributed by atoms with E-state index in [4.69, 9.17) is 0 Å². The van der Waals surface area contributed by atoms with Crippen molar-refractivity contribution in [1.82, 2.24) is 0 Å². The van der Waals surface area contributed by atoms with Gasteiger partial charge < -0.3 is 0 Å². The maximum Gasteiger partial charge on any atom is 0.144 e. The Labute approximate surface area is 81.2 Å².